The summed E-state index contributed by atoms with van der Waals surface area (Å²) in [7, 11) is 0. The predicted molar refractivity (Wildman–Crippen MR) is 62.2 cm³/mol. The summed E-state index contributed by atoms with van der Waals surface area (Å²) in [6, 6.07) is 7.57. The lowest BCUT2D eigenvalue weighted by Gasteiger charge is -2.07. The molecule has 3 nitrogen and oxygen atoms in total. The van der Waals surface area contributed by atoms with Gasteiger partial charge in [0.25, 0.3) is 0 Å². The fraction of sp³-hybridized carbons (Fsp3) is 0.417. The summed E-state index contributed by atoms with van der Waals surface area (Å²) in [6.45, 7) is 2.59. The van der Waals surface area contributed by atoms with E-state index in [1.165, 1.54) is 0 Å². The number of carbonyl (C=O) groups is 1. The van der Waals surface area contributed by atoms with Crippen molar-refractivity contribution in [3.8, 4) is 0 Å². The first-order chi connectivity index (χ1) is 7.24. The molecule has 0 heterocycles. The molecular formula is C12H18N2O. The Labute approximate surface area is 90.7 Å². The van der Waals surface area contributed by atoms with Gasteiger partial charge in [-0.3, -0.25) is 4.79 Å². The van der Waals surface area contributed by atoms with Crippen molar-refractivity contribution >= 4 is 11.6 Å². The van der Waals surface area contributed by atoms with Crippen molar-refractivity contribution in [1.29, 1.82) is 0 Å². The molecule has 1 aromatic carbocycles. The van der Waals surface area contributed by atoms with Crippen LogP contribution in [0.2, 0.25) is 0 Å². The molecule has 0 spiro atoms. The van der Waals surface area contributed by atoms with Gasteiger partial charge in [0.1, 0.15) is 0 Å². The number of rotatable bonds is 5. The van der Waals surface area contributed by atoms with E-state index < -0.39 is 0 Å². The molecule has 0 saturated heterocycles. The van der Waals surface area contributed by atoms with E-state index in [1.54, 1.807) is 0 Å². The summed E-state index contributed by atoms with van der Waals surface area (Å²) in [4.78, 5) is 11.3. The van der Waals surface area contributed by atoms with Crippen molar-refractivity contribution < 1.29 is 4.79 Å². The molecule has 0 atom stereocenters. The number of para-hydroxylation sites is 1. The topological polar surface area (TPSA) is 55.1 Å². The lowest BCUT2D eigenvalue weighted by molar-refractivity contribution is -0.121. The molecule has 1 rings (SSSR count). The summed E-state index contributed by atoms with van der Waals surface area (Å²) in [5, 5.41) is 2.86. The second-order valence-electron chi connectivity index (χ2n) is 3.58. The van der Waals surface area contributed by atoms with Crippen molar-refractivity contribution in [1.82, 2.24) is 5.32 Å². The largest absolute Gasteiger partial charge is 0.398 e. The molecule has 0 radical (unpaired) electrons. The number of carbonyl (C=O) groups excluding carboxylic acids is 1. The number of hydrogen-bond acceptors (Lipinski definition) is 2. The molecule has 3 heteroatoms. The lowest BCUT2D eigenvalue weighted by Crippen LogP contribution is -2.22. The maximum Gasteiger partial charge on any atom is 0.220 e. The van der Waals surface area contributed by atoms with Gasteiger partial charge in [-0.05, 0) is 18.1 Å². The maximum absolute atomic E-state index is 11.3. The summed E-state index contributed by atoms with van der Waals surface area (Å²) in [5.74, 6) is 0.0973. The van der Waals surface area contributed by atoms with Crippen LogP contribution < -0.4 is 11.1 Å². The standard InChI is InChI=1S/C12H18N2O/c1-2-3-8-12(15)14-9-10-6-4-5-7-11(10)13/h4-7H,2-3,8-9,13H2,1H3,(H,14,15). The molecule has 0 unspecified atom stereocenters. The maximum atomic E-state index is 11.3. The number of hydrogen-bond donors (Lipinski definition) is 2. The number of amides is 1. The van der Waals surface area contributed by atoms with Crippen molar-refractivity contribution in [2.75, 3.05) is 5.73 Å². The van der Waals surface area contributed by atoms with Gasteiger partial charge < -0.3 is 11.1 Å². The van der Waals surface area contributed by atoms with Gasteiger partial charge >= 0.3 is 0 Å². The van der Waals surface area contributed by atoms with Crippen molar-refractivity contribution in [3.05, 3.63) is 29.8 Å². The predicted octanol–water partition coefficient (Wildman–Crippen LogP) is 2.08. The van der Waals surface area contributed by atoms with Gasteiger partial charge in [0, 0.05) is 18.7 Å². The Kier molecular flexibility index (Phi) is 4.68. The highest BCUT2D eigenvalue weighted by Gasteiger charge is 2.01. The Bertz CT molecular complexity index is 323. The number of anilines is 1. The van der Waals surface area contributed by atoms with Crippen LogP contribution in [0.15, 0.2) is 24.3 Å². The molecular weight excluding hydrogens is 188 g/mol. The first-order valence-corrected chi connectivity index (χ1v) is 5.34. The molecule has 0 fully saturated rings. The third-order valence-corrected chi connectivity index (χ3v) is 2.29. The zero-order valence-electron chi connectivity index (χ0n) is 9.12. The van der Waals surface area contributed by atoms with Gasteiger partial charge in [0.05, 0.1) is 0 Å². The normalized spacial score (nSPS) is 9.93. The molecule has 1 aromatic rings. The van der Waals surface area contributed by atoms with E-state index in [9.17, 15) is 4.79 Å². The van der Waals surface area contributed by atoms with E-state index >= 15 is 0 Å². The number of nitrogens with one attached hydrogen (secondary N) is 1. The van der Waals surface area contributed by atoms with Gasteiger partial charge in [0.2, 0.25) is 5.91 Å². The van der Waals surface area contributed by atoms with Crippen molar-refractivity contribution in [3.63, 3.8) is 0 Å². The molecule has 82 valence electrons. The van der Waals surface area contributed by atoms with Crippen LogP contribution >= 0.6 is 0 Å². The van der Waals surface area contributed by atoms with Crippen molar-refractivity contribution in [2.45, 2.75) is 32.7 Å². The monoisotopic (exact) mass is 206 g/mol. The van der Waals surface area contributed by atoms with Gasteiger partial charge in [-0.25, -0.2) is 0 Å². The first kappa shape index (κ1) is 11.6. The van der Waals surface area contributed by atoms with Gasteiger partial charge in [-0.15, -0.1) is 0 Å². The van der Waals surface area contributed by atoms with E-state index in [-0.39, 0.29) is 5.91 Å². The summed E-state index contributed by atoms with van der Waals surface area (Å²) < 4.78 is 0. The molecule has 0 aromatic heterocycles. The van der Waals surface area contributed by atoms with Crippen molar-refractivity contribution in [2.24, 2.45) is 0 Å². The van der Waals surface area contributed by atoms with Gasteiger partial charge in [0.15, 0.2) is 0 Å². The number of nitrogen functional groups attached to an aromatic ring is 1. The minimum absolute atomic E-state index is 0.0973. The smallest absolute Gasteiger partial charge is 0.220 e. The summed E-state index contributed by atoms with van der Waals surface area (Å²) in [6.07, 6.45) is 2.58. The highest BCUT2D eigenvalue weighted by molar-refractivity contribution is 5.76. The van der Waals surface area contributed by atoms with E-state index in [0.717, 1.165) is 24.1 Å². The molecule has 15 heavy (non-hydrogen) atoms. The second kappa shape index (κ2) is 6.06. The average molecular weight is 206 g/mol. The van der Waals surface area contributed by atoms with Crippen LogP contribution in [0.1, 0.15) is 31.7 Å². The molecule has 0 aliphatic carbocycles. The molecule has 1 amide bonds. The second-order valence-corrected chi connectivity index (χ2v) is 3.58. The Hall–Kier alpha value is -1.51. The lowest BCUT2D eigenvalue weighted by atomic mass is 10.2. The Balaban J connectivity index is 2.37. The fourth-order valence-corrected chi connectivity index (χ4v) is 1.31. The molecule has 0 saturated carbocycles. The number of unbranched alkanes of at least 4 members (excludes halogenated alkanes) is 1. The first-order valence-electron chi connectivity index (χ1n) is 5.34. The fourth-order valence-electron chi connectivity index (χ4n) is 1.31. The van der Waals surface area contributed by atoms with E-state index in [2.05, 4.69) is 12.2 Å². The van der Waals surface area contributed by atoms with Crippen LogP contribution in [0.25, 0.3) is 0 Å². The van der Waals surface area contributed by atoms with Crippen LogP contribution in [0.4, 0.5) is 5.69 Å². The molecule has 0 aliphatic heterocycles. The highest BCUT2D eigenvalue weighted by Crippen LogP contribution is 2.09. The Morgan fingerprint density at radius 3 is 2.80 bits per heavy atom. The van der Waals surface area contributed by atoms with Crippen LogP contribution in [-0.4, -0.2) is 5.91 Å². The molecule has 0 bridgehead atoms. The highest BCUT2D eigenvalue weighted by atomic mass is 16.1. The van der Waals surface area contributed by atoms with E-state index in [4.69, 9.17) is 5.73 Å². The third-order valence-electron chi connectivity index (χ3n) is 2.29. The SMILES string of the molecule is CCCCC(=O)NCc1ccccc1N. The van der Waals surface area contributed by atoms with Crippen LogP contribution in [0.3, 0.4) is 0 Å². The Morgan fingerprint density at radius 2 is 2.13 bits per heavy atom. The minimum atomic E-state index is 0.0973. The minimum Gasteiger partial charge on any atom is -0.398 e. The van der Waals surface area contributed by atoms with E-state index in [1.807, 2.05) is 24.3 Å². The quantitative estimate of drug-likeness (QED) is 0.725. The van der Waals surface area contributed by atoms with Crippen LogP contribution in [0.5, 0.6) is 0 Å². The zero-order valence-corrected chi connectivity index (χ0v) is 9.12. The summed E-state index contributed by atoms with van der Waals surface area (Å²) >= 11 is 0. The zero-order chi connectivity index (χ0) is 11.1. The molecule has 3 N–H and O–H groups in total. The van der Waals surface area contributed by atoms with Crippen LogP contribution in [0, 0.1) is 0 Å². The number of nitrogens with two attached hydrogens (primary N) is 1. The number of benzene rings is 1. The molecule has 0 aliphatic rings. The van der Waals surface area contributed by atoms with Gasteiger partial charge in [-0.1, -0.05) is 31.5 Å². The third kappa shape index (κ3) is 4.02. The van der Waals surface area contributed by atoms with E-state index in [0.29, 0.717) is 13.0 Å². The summed E-state index contributed by atoms with van der Waals surface area (Å²) in [5.41, 5.74) is 7.46. The van der Waals surface area contributed by atoms with Crippen LogP contribution in [-0.2, 0) is 11.3 Å². The Morgan fingerprint density at radius 1 is 1.40 bits per heavy atom. The average Bonchev–Trinajstić information content (AvgIpc) is 2.25. The van der Waals surface area contributed by atoms with Gasteiger partial charge in [-0.2, -0.15) is 0 Å².